The Morgan fingerprint density at radius 1 is 1.42 bits per heavy atom. The van der Waals surface area contributed by atoms with Gasteiger partial charge in [0.1, 0.15) is 5.54 Å². The van der Waals surface area contributed by atoms with Crippen molar-refractivity contribution in [3.05, 3.63) is 0 Å². The Hall–Kier alpha value is -0.590. The first-order valence-electron chi connectivity index (χ1n) is 7.98. The average molecular weight is 265 g/mol. The Morgan fingerprint density at radius 3 is 2.74 bits per heavy atom. The number of hydrogen-bond donors (Lipinski definition) is 1. The fraction of sp³-hybridized carbons (Fsp3) is 0.938. The predicted octanol–water partition coefficient (Wildman–Crippen LogP) is 3.31. The minimum absolute atomic E-state index is 0.384. The van der Waals surface area contributed by atoms with Gasteiger partial charge in [0.25, 0.3) is 0 Å². The summed E-state index contributed by atoms with van der Waals surface area (Å²) in [6, 6.07) is 3.68. The molecule has 0 amide bonds. The number of likely N-dealkylation sites (tertiary alicyclic amines) is 1. The van der Waals surface area contributed by atoms with Crippen LogP contribution in [-0.2, 0) is 0 Å². The second-order valence-corrected chi connectivity index (χ2v) is 6.22. The molecule has 0 bridgehead atoms. The minimum Gasteiger partial charge on any atom is -0.300 e. The van der Waals surface area contributed by atoms with Gasteiger partial charge in [-0.1, -0.05) is 20.3 Å². The van der Waals surface area contributed by atoms with Crippen molar-refractivity contribution in [1.82, 2.24) is 10.2 Å². The van der Waals surface area contributed by atoms with Gasteiger partial charge in [0.15, 0.2) is 0 Å². The van der Waals surface area contributed by atoms with Crippen LogP contribution in [0.15, 0.2) is 0 Å². The molecular weight excluding hydrogens is 234 g/mol. The van der Waals surface area contributed by atoms with Gasteiger partial charge in [0.05, 0.1) is 6.07 Å². The summed E-state index contributed by atoms with van der Waals surface area (Å²) >= 11 is 0. The lowest BCUT2D eigenvalue weighted by molar-refractivity contribution is 0.0849. The predicted molar refractivity (Wildman–Crippen MR) is 81.0 cm³/mol. The van der Waals surface area contributed by atoms with Gasteiger partial charge in [-0.2, -0.15) is 5.26 Å². The van der Waals surface area contributed by atoms with Gasteiger partial charge in [0.2, 0.25) is 0 Å². The maximum atomic E-state index is 9.45. The molecule has 0 aromatic rings. The zero-order valence-electron chi connectivity index (χ0n) is 13.2. The zero-order chi connectivity index (χ0) is 14.3. The van der Waals surface area contributed by atoms with E-state index >= 15 is 0 Å². The number of nitrogens with zero attached hydrogens (tertiary/aromatic N) is 2. The molecule has 0 aromatic heterocycles. The third-order valence-electron chi connectivity index (χ3n) is 4.43. The van der Waals surface area contributed by atoms with Gasteiger partial charge < -0.3 is 0 Å². The van der Waals surface area contributed by atoms with E-state index in [4.69, 9.17) is 0 Å². The summed E-state index contributed by atoms with van der Waals surface area (Å²) in [5, 5.41) is 12.9. The van der Waals surface area contributed by atoms with Crippen molar-refractivity contribution in [1.29, 1.82) is 5.26 Å². The topological polar surface area (TPSA) is 39.1 Å². The molecule has 1 heterocycles. The van der Waals surface area contributed by atoms with Crippen LogP contribution in [0.2, 0.25) is 0 Å². The molecule has 0 aromatic carbocycles. The Balaban J connectivity index is 2.60. The number of nitriles is 1. The van der Waals surface area contributed by atoms with Crippen molar-refractivity contribution in [3.8, 4) is 6.07 Å². The lowest BCUT2D eigenvalue weighted by Gasteiger charge is -2.41. The summed E-state index contributed by atoms with van der Waals surface area (Å²) in [4.78, 5) is 2.63. The largest absolute Gasteiger partial charge is 0.300 e. The van der Waals surface area contributed by atoms with E-state index in [1.54, 1.807) is 0 Å². The summed E-state index contributed by atoms with van der Waals surface area (Å²) in [5.41, 5.74) is -0.384. The Bertz CT molecular complexity index is 297. The molecule has 1 rings (SSSR count). The first kappa shape index (κ1) is 16.5. The van der Waals surface area contributed by atoms with Gasteiger partial charge in [0, 0.05) is 12.1 Å². The van der Waals surface area contributed by atoms with Crippen LogP contribution in [0, 0.1) is 11.3 Å². The molecule has 0 aliphatic carbocycles. The highest BCUT2D eigenvalue weighted by molar-refractivity contribution is 5.05. The number of hydrogen-bond acceptors (Lipinski definition) is 3. The van der Waals surface area contributed by atoms with Crippen molar-refractivity contribution in [2.24, 2.45) is 0 Å². The Morgan fingerprint density at radius 2 is 2.16 bits per heavy atom. The average Bonchev–Trinajstić information content (AvgIpc) is 2.45. The van der Waals surface area contributed by atoms with Crippen LogP contribution in [0.25, 0.3) is 0 Å². The Kier molecular flexibility index (Phi) is 6.82. The molecule has 0 radical (unpaired) electrons. The van der Waals surface area contributed by atoms with E-state index in [2.05, 4.69) is 37.1 Å². The molecule has 1 fully saturated rings. The van der Waals surface area contributed by atoms with Crippen molar-refractivity contribution in [2.75, 3.05) is 13.1 Å². The van der Waals surface area contributed by atoms with Gasteiger partial charge in [-0.25, -0.2) is 0 Å². The Labute approximate surface area is 119 Å². The van der Waals surface area contributed by atoms with E-state index in [1.807, 2.05) is 6.92 Å². The SMILES string of the molecule is CCCNC(C)(C#N)CC(C)N1CCCCC1CC. The molecular formula is C16H31N3. The second kappa shape index (κ2) is 7.87. The summed E-state index contributed by atoms with van der Waals surface area (Å²) in [7, 11) is 0. The number of rotatable bonds is 7. The molecule has 1 aliphatic heterocycles. The molecule has 3 unspecified atom stereocenters. The minimum atomic E-state index is -0.384. The monoisotopic (exact) mass is 265 g/mol. The van der Waals surface area contributed by atoms with Gasteiger partial charge >= 0.3 is 0 Å². The van der Waals surface area contributed by atoms with E-state index in [9.17, 15) is 5.26 Å². The zero-order valence-corrected chi connectivity index (χ0v) is 13.2. The van der Waals surface area contributed by atoms with Crippen LogP contribution >= 0.6 is 0 Å². The first-order chi connectivity index (χ1) is 9.06. The van der Waals surface area contributed by atoms with Gasteiger partial charge in [-0.05, 0) is 59.0 Å². The fourth-order valence-corrected chi connectivity index (χ4v) is 3.31. The molecule has 1 saturated heterocycles. The van der Waals surface area contributed by atoms with Crippen molar-refractivity contribution < 1.29 is 0 Å². The molecule has 110 valence electrons. The number of nitrogens with one attached hydrogen (secondary N) is 1. The van der Waals surface area contributed by atoms with Gasteiger partial charge in [-0.3, -0.25) is 10.2 Å². The molecule has 1 aliphatic rings. The van der Waals surface area contributed by atoms with Crippen LogP contribution in [0.4, 0.5) is 0 Å². The fourth-order valence-electron chi connectivity index (χ4n) is 3.31. The summed E-state index contributed by atoms with van der Waals surface area (Å²) in [6.07, 6.45) is 7.23. The molecule has 0 spiro atoms. The van der Waals surface area contributed by atoms with E-state index in [0.29, 0.717) is 6.04 Å². The lowest BCUT2D eigenvalue weighted by atomic mass is 9.90. The number of piperidine rings is 1. The van der Waals surface area contributed by atoms with Crippen molar-refractivity contribution in [3.63, 3.8) is 0 Å². The van der Waals surface area contributed by atoms with E-state index in [-0.39, 0.29) is 5.54 Å². The highest BCUT2D eigenvalue weighted by Crippen LogP contribution is 2.25. The van der Waals surface area contributed by atoms with Crippen molar-refractivity contribution in [2.45, 2.75) is 83.8 Å². The summed E-state index contributed by atoms with van der Waals surface area (Å²) < 4.78 is 0. The van der Waals surface area contributed by atoms with E-state index in [1.165, 1.54) is 32.2 Å². The quantitative estimate of drug-likeness (QED) is 0.767. The molecule has 3 heteroatoms. The summed E-state index contributed by atoms with van der Waals surface area (Å²) in [5.74, 6) is 0. The van der Waals surface area contributed by atoms with Crippen LogP contribution in [0.1, 0.15) is 66.2 Å². The van der Waals surface area contributed by atoms with Crippen LogP contribution < -0.4 is 5.32 Å². The van der Waals surface area contributed by atoms with E-state index in [0.717, 1.165) is 25.4 Å². The lowest BCUT2D eigenvalue weighted by Crippen LogP contribution is -2.51. The maximum absolute atomic E-state index is 9.45. The van der Waals surface area contributed by atoms with Crippen LogP contribution in [0.3, 0.4) is 0 Å². The van der Waals surface area contributed by atoms with Gasteiger partial charge in [-0.15, -0.1) is 0 Å². The highest BCUT2D eigenvalue weighted by Gasteiger charge is 2.31. The molecule has 19 heavy (non-hydrogen) atoms. The molecule has 3 nitrogen and oxygen atoms in total. The normalized spacial score (nSPS) is 25.5. The van der Waals surface area contributed by atoms with Crippen LogP contribution in [0.5, 0.6) is 0 Å². The molecule has 3 atom stereocenters. The first-order valence-corrected chi connectivity index (χ1v) is 7.98. The smallest absolute Gasteiger partial charge is 0.105 e. The van der Waals surface area contributed by atoms with Crippen LogP contribution in [-0.4, -0.2) is 35.6 Å². The maximum Gasteiger partial charge on any atom is 0.105 e. The summed E-state index contributed by atoms with van der Waals surface area (Å²) in [6.45, 7) is 10.9. The standard InChI is InChI=1S/C16H31N3/c1-5-10-18-16(4,13-17)12-14(3)19-11-8-7-9-15(19)6-2/h14-15,18H,5-12H2,1-4H3. The highest BCUT2D eigenvalue weighted by atomic mass is 15.2. The molecule has 1 N–H and O–H groups in total. The second-order valence-electron chi connectivity index (χ2n) is 6.22. The van der Waals surface area contributed by atoms with Crippen molar-refractivity contribution >= 4 is 0 Å². The third kappa shape index (κ3) is 4.78. The molecule has 0 saturated carbocycles. The van der Waals surface area contributed by atoms with E-state index < -0.39 is 0 Å². The third-order valence-corrected chi connectivity index (χ3v) is 4.43.